The minimum Gasteiger partial charge on any atom is -0.493 e. The van der Waals surface area contributed by atoms with Crippen molar-refractivity contribution < 1.29 is 23.0 Å². The molecule has 0 saturated carbocycles. The van der Waals surface area contributed by atoms with Gasteiger partial charge in [0.25, 0.3) is 5.91 Å². The van der Waals surface area contributed by atoms with Crippen LogP contribution in [0, 0.1) is 0 Å². The molecule has 4 nitrogen and oxygen atoms in total. The second-order valence-corrected chi connectivity index (χ2v) is 5.40. The maximum absolute atomic E-state index is 12.6. The highest BCUT2D eigenvalue weighted by Crippen LogP contribution is 2.32. The third-order valence-electron chi connectivity index (χ3n) is 3.37. The Kier molecular flexibility index (Phi) is 5.98. The highest BCUT2D eigenvalue weighted by atomic mass is 35.5. The molecule has 2 aromatic carbocycles. The maximum atomic E-state index is 12.6. The molecule has 1 amide bonds. The number of methoxy groups -OCH3 is 1. The molecule has 0 spiro atoms. The monoisotopic (exact) mass is 355 g/mol. The fourth-order valence-electron chi connectivity index (χ4n) is 2.18. The highest BCUT2D eigenvalue weighted by Gasteiger charge is 2.21. The topological polar surface area (TPSA) is 47.6 Å². The van der Waals surface area contributed by atoms with Crippen LogP contribution in [0.15, 0.2) is 42.5 Å². The smallest absolute Gasteiger partial charge is 0.387 e. The molecular weight excluding hydrogens is 340 g/mol. The number of nitrogens with one attached hydrogen (secondary N) is 1. The lowest BCUT2D eigenvalue weighted by Crippen LogP contribution is -2.27. The van der Waals surface area contributed by atoms with Gasteiger partial charge < -0.3 is 14.8 Å². The van der Waals surface area contributed by atoms with Gasteiger partial charge in [0.2, 0.25) is 0 Å². The molecule has 0 aliphatic heterocycles. The van der Waals surface area contributed by atoms with Crippen molar-refractivity contribution in [1.82, 2.24) is 5.32 Å². The Morgan fingerprint density at radius 3 is 2.42 bits per heavy atom. The van der Waals surface area contributed by atoms with E-state index in [0.29, 0.717) is 5.02 Å². The molecule has 128 valence electrons. The average molecular weight is 356 g/mol. The molecule has 2 rings (SSSR count). The maximum Gasteiger partial charge on any atom is 0.387 e. The standard InChI is InChI=1S/C17H16ClF2NO3/c1-10(11-6-8-12(18)9-7-11)21-16(22)13-4-3-5-14(23-2)15(13)24-17(19)20/h3-10,17H,1-2H3,(H,21,22). The second-order valence-electron chi connectivity index (χ2n) is 4.96. The van der Waals surface area contributed by atoms with Crippen molar-refractivity contribution in [3.05, 3.63) is 58.6 Å². The third-order valence-corrected chi connectivity index (χ3v) is 3.62. The molecule has 1 N–H and O–H groups in total. The second kappa shape index (κ2) is 7.97. The number of rotatable bonds is 6. The Morgan fingerprint density at radius 2 is 1.83 bits per heavy atom. The lowest BCUT2D eigenvalue weighted by molar-refractivity contribution is -0.0515. The van der Waals surface area contributed by atoms with Crippen LogP contribution in [0.25, 0.3) is 0 Å². The van der Waals surface area contributed by atoms with Crippen molar-refractivity contribution in [3.63, 3.8) is 0 Å². The van der Waals surface area contributed by atoms with Crippen molar-refractivity contribution in [2.75, 3.05) is 7.11 Å². The first-order chi connectivity index (χ1) is 11.4. The van der Waals surface area contributed by atoms with Crippen molar-refractivity contribution in [1.29, 1.82) is 0 Å². The minimum absolute atomic E-state index is 0.0320. The van der Waals surface area contributed by atoms with Gasteiger partial charge in [-0.3, -0.25) is 4.79 Å². The Balaban J connectivity index is 2.24. The van der Waals surface area contributed by atoms with Gasteiger partial charge in [-0.1, -0.05) is 29.8 Å². The van der Waals surface area contributed by atoms with E-state index in [0.717, 1.165) is 5.56 Å². The zero-order chi connectivity index (χ0) is 17.7. The van der Waals surface area contributed by atoms with Gasteiger partial charge >= 0.3 is 6.61 Å². The summed E-state index contributed by atoms with van der Waals surface area (Å²) in [5, 5.41) is 3.32. The summed E-state index contributed by atoms with van der Waals surface area (Å²) in [5.74, 6) is -0.787. The average Bonchev–Trinajstić information content (AvgIpc) is 2.55. The zero-order valence-electron chi connectivity index (χ0n) is 13.1. The van der Waals surface area contributed by atoms with Crippen LogP contribution in [0.3, 0.4) is 0 Å². The van der Waals surface area contributed by atoms with E-state index in [1.54, 1.807) is 31.2 Å². The van der Waals surface area contributed by atoms with E-state index in [2.05, 4.69) is 10.1 Å². The van der Waals surface area contributed by atoms with Crippen molar-refractivity contribution in [2.45, 2.75) is 19.6 Å². The molecule has 0 aliphatic carbocycles. The number of carbonyl (C=O) groups is 1. The first-order valence-corrected chi connectivity index (χ1v) is 7.48. The summed E-state index contributed by atoms with van der Waals surface area (Å²) in [6.07, 6.45) is 0. The molecule has 7 heteroatoms. The van der Waals surface area contributed by atoms with Crippen LogP contribution < -0.4 is 14.8 Å². The SMILES string of the molecule is COc1cccc(C(=O)NC(C)c2ccc(Cl)cc2)c1OC(F)F. The van der Waals surface area contributed by atoms with Gasteiger partial charge in [0.1, 0.15) is 0 Å². The molecule has 0 saturated heterocycles. The number of hydrogen-bond acceptors (Lipinski definition) is 3. The normalized spacial score (nSPS) is 11.9. The largest absolute Gasteiger partial charge is 0.493 e. The Labute approximate surface area is 143 Å². The zero-order valence-corrected chi connectivity index (χ0v) is 13.8. The Morgan fingerprint density at radius 1 is 1.17 bits per heavy atom. The van der Waals surface area contributed by atoms with Crippen molar-refractivity contribution >= 4 is 17.5 Å². The summed E-state index contributed by atoms with van der Waals surface area (Å²) in [7, 11) is 1.31. The lowest BCUT2D eigenvalue weighted by atomic mass is 10.1. The van der Waals surface area contributed by atoms with Crippen LogP contribution in [-0.4, -0.2) is 19.6 Å². The van der Waals surface area contributed by atoms with Gasteiger partial charge in [-0.05, 0) is 36.8 Å². The number of alkyl halides is 2. The Hall–Kier alpha value is -2.34. The van der Waals surface area contributed by atoms with E-state index in [9.17, 15) is 13.6 Å². The van der Waals surface area contributed by atoms with E-state index in [1.807, 2.05) is 0 Å². The fourth-order valence-corrected chi connectivity index (χ4v) is 2.30. The minimum atomic E-state index is -3.07. The van der Waals surface area contributed by atoms with Crippen LogP contribution in [-0.2, 0) is 0 Å². The van der Waals surface area contributed by atoms with E-state index < -0.39 is 12.5 Å². The third kappa shape index (κ3) is 4.35. The summed E-state index contributed by atoms with van der Waals surface area (Å²) >= 11 is 5.83. The summed E-state index contributed by atoms with van der Waals surface area (Å²) in [6, 6.07) is 11.0. The molecule has 0 radical (unpaired) electrons. The highest BCUT2D eigenvalue weighted by molar-refractivity contribution is 6.30. The molecule has 0 heterocycles. The number of halogens is 3. The van der Waals surface area contributed by atoms with Crippen LogP contribution in [0.1, 0.15) is 28.9 Å². The molecule has 0 aliphatic rings. The van der Waals surface area contributed by atoms with E-state index in [1.165, 1.54) is 25.3 Å². The molecule has 0 fully saturated rings. The van der Waals surface area contributed by atoms with Crippen LogP contribution in [0.5, 0.6) is 11.5 Å². The molecule has 0 bridgehead atoms. The van der Waals surface area contributed by atoms with Gasteiger partial charge in [0.05, 0.1) is 18.7 Å². The molecule has 1 unspecified atom stereocenters. The molecule has 0 aromatic heterocycles. The van der Waals surface area contributed by atoms with Crippen LogP contribution in [0.2, 0.25) is 5.02 Å². The van der Waals surface area contributed by atoms with Gasteiger partial charge in [-0.15, -0.1) is 0 Å². The lowest BCUT2D eigenvalue weighted by Gasteiger charge is -2.17. The van der Waals surface area contributed by atoms with Gasteiger partial charge in [-0.25, -0.2) is 0 Å². The number of carbonyl (C=O) groups excluding carboxylic acids is 1. The predicted octanol–water partition coefficient (Wildman–Crippen LogP) is 4.44. The summed E-state index contributed by atoms with van der Waals surface area (Å²) < 4.78 is 34.7. The molecular formula is C17H16ClF2NO3. The number of para-hydroxylation sites is 1. The van der Waals surface area contributed by atoms with Crippen LogP contribution in [0.4, 0.5) is 8.78 Å². The van der Waals surface area contributed by atoms with Crippen molar-refractivity contribution in [3.8, 4) is 11.5 Å². The first kappa shape index (κ1) is 18.0. The van der Waals surface area contributed by atoms with Crippen LogP contribution >= 0.6 is 11.6 Å². The number of ether oxygens (including phenoxy) is 2. The quantitative estimate of drug-likeness (QED) is 0.833. The summed E-state index contributed by atoms with van der Waals surface area (Å²) in [6.45, 7) is -1.30. The van der Waals surface area contributed by atoms with Gasteiger partial charge in [0.15, 0.2) is 11.5 Å². The molecule has 2 aromatic rings. The Bertz CT molecular complexity index is 707. The first-order valence-electron chi connectivity index (χ1n) is 7.10. The van der Waals surface area contributed by atoms with Gasteiger partial charge in [0, 0.05) is 5.02 Å². The van der Waals surface area contributed by atoms with Gasteiger partial charge in [-0.2, -0.15) is 8.78 Å². The number of benzene rings is 2. The molecule has 1 atom stereocenters. The van der Waals surface area contributed by atoms with E-state index in [4.69, 9.17) is 16.3 Å². The van der Waals surface area contributed by atoms with Crippen molar-refractivity contribution in [2.24, 2.45) is 0 Å². The molecule has 24 heavy (non-hydrogen) atoms. The van der Waals surface area contributed by atoms with E-state index in [-0.39, 0.29) is 23.1 Å². The summed E-state index contributed by atoms with van der Waals surface area (Å²) in [4.78, 5) is 12.4. The van der Waals surface area contributed by atoms with E-state index >= 15 is 0 Å². The number of hydrogen-bond donors (Lipinski definition) is 1. The predicted molar refractivity (Wildman–Crippen MR) is 87.0 cm³/mol. The fraction of sp³-hybridized carbons (Fsp3) is 0.235. The number of amides is 1. The summed E-state index contributed by atoms with van der Waals surface area (Å²) in [5.41, 5.74) is 0.794.